The summed E-state index contributed by atoms with van der Waals surface area (Å²) < 4.78 is 24.0. The second-order valence-corrected chi connectivity index (χ2v) is 9.04. The lowest BCUT2D eigenvalue weighted by Gasteiger charge is -2.37. The number of nitrogens with zero attached hydrogens (tertiary/aromatic N) is 2. The number of benzene rings is 2. The molecule has 2 aromatic carbocycles. The van der Waals surface area contributed by atoms with Crippen LogP contribution in [0, 0.1) is 16.0 Å². The monoisotopic (exact) mass is 418 g/mol. The van der Waals surface area contributed by atoms with Gasteiger partial charge in [-0.3, -0.25) is 15.0 Å². The number of piperidine rings is 1. The van der Waals surface area contributed by atoms with E-state index in [2.05, 4.69) is 29.3 Å². The molecule has 0 bridgehead atoms. The topological polar surface area (TPSA) is 119 Å². The van der Waals surface area contributed by atoms with E-state index in [-0.39, 0.29) is 22.3 Å². The van der Waals surface area contributed by atoms with Crippen LogP contribution in [0.2, 0.25) is 0 Å². The Bertz CT molecular complexity index is 958. The minimum absolute atomic E-state index is 0.0484. The predicted octanol–water partition coefficient (Wildman–Crippen LogP) is 3.13. The van der Waals surface area contributed by atoms with Crippen LogP contribution >= 0.6 is 0 Å². The molecule has 29 heavy (non-hydrogen) atoms. The van der Waals surface area contributed by atoms with Gasteiger partial charge in [-0.1, -0.05) is 37.3 Å². The molecule has 1 aliphatic heterocycles. The lowest BCUT2D eigenvalue weighted by molar-refractivity contribution is -0.385. The number of non-ortho nitro benzene ring substituents is 1. The highest BCUT2D eigenvalue weighted by Gasteiger charge is 2.26. The highest BCUT2D eigenvalue weighted by Crippen LogP contribution is 2.30. The third kappa shape index (κ3) is 5.31. The lowest BCUT2D eigenvalue weighted by atomic mass is 9.95. The SMILES string of the molecule is CC1CCN(C(CNc2ccc([N+](=O)[O-])cc2S(N)(=O)=O)c2ccccc2)CC1. The first-order valence-corrected chi connectivity index (χ1v) is 11.1. The third-order valence-corrected chi connectivity index (χ3v) is 6.36. The Balaban J connectivity index is 1.87. The van der Waals surface area contributed by atoms with E-state index < -0.39 is 14.9 Å². The molecule has 1 heterocycles. The minimum Gasteiger partial charge on any atom is -0.382 e. The summed E-state index contributed by atoms with van der Waals surface area (Å²) in [7, 11) is -4.11. The number of rotatable bonds is 7. The Hall–Kier alpha value is -2.49. The number of nitro groups is 1. The van der Waals surface area contributed by atoms with Crippen molar-refractivity contribution in [2.75, 3.05) is 25.0 Å². The highest BCUT2D eigenvalue weighted by atomic mass is 32.2. The van der Waals surface area contributed by atoms with E-state index in [0.29, 0.717) is 12.5 Å². The van der Waals surface area contributed by atoms with Crippen LogP contribution in [0.15, 0.2) is 53.4 Å². The molecule has 0 spiro atoms. The molecular weight excluding hydrogens is 392 g/mol. The molecule has 1 atom stereocenters. The molecule has 3 N–H and O–H groups in total. The van der Waals surface area contributed by atoms with Gasteiger partial charge >= 0.3 is 0 Å². The lowest BCUT2D eigenvalue weighted by Crippen LogP contribution is -2.39. The van der Waals surface area contributed by atoms with Gasteiger partial charge in [0, 0.05) is 18.7 Å². The van der Waals surface area contributed by atoms with Crippen LogP contribution < -0.4 is 10.5 Å². The second kappa shape index (κ2) is 8.89. The van der Waals surface area contributed by atoms with E-state index in [1.807, 2.05) is 18.2 Å². The number of hydrogen-bond acceptors (Lipinski definition) is 6. The van der Waals surface area contributed by atoms with Gasteiger partial charge in [0.15, 0.2) is 0 Å². The van der Waals surface area contributed by atoms with Crippen molar-refractivity contribution in [1.82, 2.24) is 4.90 Å². The molecule has 3 rings (SSSR count). The second-order valence-electron chi connectivity index (χ2n) is 7.51. The van der Waals surface area contributed by atoms with Gasteiger partial charge < -0.3 is 5.32 Å². The fourth-order valence-corrected chi connectivity index (χ4v) is 4.42. The quantitative estimate of drug-likeness (QED) is 0.527. The van der Waals surface area contributed by atoms with Crippen molar-refractivity contribution in [2.45, 2.75) is 30.7 Å². The third-order valence-electron chi connectivity index (χ3n) is 5.41. The van der Waals surface area contributed by atoms with Crippen molar-refractivity contribution >= 4 is 21.4 Å². The highest BCUT2D eigenvalue weighted by molar-refractivity contribution is 7.89. The Labute approximate surface area is 170 Å². The maximum absolute atomic E-state index is 12.0. The fourth-order valence-electron chi connectivity index (χ4n) is 3.69. The zero-order valence-electron chi connectivity index (χ0n) is 16.3. The minimum atomic E-state index is -4.11. The summed E-state index contributed by atoms with van der Waals surface area (Å²) >= 11 is 0. The Morgan fingerprint density at radius 3 is 2.45 bits per heavy atom. The van der Waals surface area contributed by atoms with Crippen LogP contribution in [0.25, 0.3) is 0 Å². The van der Waals surface area contributed by atoms with Gasteiger partial charge in [0.25, 0.3) is 5.69 Å². The Morgan fingerprint density at radius 1 is 1.21 bits per heavy atom. The first-order chi connectivity index (χ1) is 13.8. The number of sulfonamides is 1. The molecule has 0 radical (unpaired) electrons. The van der Waals surface area contributed by atoms with Crippen LogP contribution in [-0.4, -0.2) is 37.9 Å². The summed E-state index contributed by atoms with van der Waals surface area (Å²) in [6.07, 6.45) is 2.23. The van der Waals surface area contributed by atoms with E-state index in [0.717, 1.165) is 37.6 Å². The van der Waals surface area contributed by atoms with Crippen LogP contribution in [-0.2, 0) is 10.0 Å². The molecule has 1 unspecified atom stereocenters. The summed E-state index contributed by atoms with van der Waals surface area (Å²) in [5.41, 5.74) is 1.09. The Morgan fingerprint density at radius 2 is 1.86 bits per heavy atom. The number of anilines is 1. The molecule has 0 aromatic heterocycles. The molecular formula is C20H26N4O4S. The summed E-state index contributed by atoms with van der Waals surface area (Å²) in [5, 5.41) is 19.5. The van der Waals surface area contributed by atoms with Crippen molar-refractivity contribution in [3.63, 3.8) is 0 Å². The summed E-state index contributed by atoms with van der Waals surface area (Å²) in [5.74, 6) is 0.694. The smallest absolute Gasteiger partial charge is 0.270 e. The van der Waals surface area contributed by atoms with Crippen molar-refractivity contribution in [1.29, 1.82) is 0 Å². The maximum atomic E-state index is 12.0. The van der Waals surface area contributed by atoms with E-state index in [4.69, 9.17) is 5.14 Å². The number of nitrogens with one attached hydrogen (secondary N) is 1. The molecule has 0 amide bonds. The van der Waals surface area contributed by atoms with Crippen LogP contribution in [0.5, 0.6) is 0 Å². The number of hydrogen-bond donors (Lipinski definition) is 2. The molecule has 156 valence electrons. The molecule has 1 fully saturated rings. The van der Waals surface area contributed by atoms with Crippen LogP contribution in [0.3, 0.4) is 0 Å². The summed E-state index contributed by atoms with van der Waals surface area (Å²) in [4.78, 5) is 12.5. The zero-order valence-corrected chi connectivity index (χ0v) is 17.1. The van der Waals surface area contributed by atoms with E-state index in [1.165, 1.54) is 12.1 Å². The number of nitrogens with two attached hydrogens (primary N) is 1. The van der Waals surface area contributed by atoms with Crippen LogP contribution in [0.4, 0.5) is 11.4 Å². The van der Waals surface area contributed by atoms with Gasteiger partial charge in [-0.2, -0.15) is 0 Å². The van der Waals surface area contributed by atoms with Crippen LogP contribution in [0.1, 0.15) is 31.4 Å². The average Bonchev–Trinajstić information content (AvgIpc) is 2.69. The summed E-state index contributed by atoms with van der Waals surface area (Å²) in [6, 6.07) is 13.8. The van der Waals surface area contributed by atoms with Crippen molar-refractivity contribution < 1.29 is 13.3 Å². The number of likely N-dealkylation sites (tertiary alicyclic amines) is 1. The molecule has 9 heteroatoms. The van der Waals surface area contributed by atoms with E-state index in [9.17, 15) is 18.5 Å². The number of nitro benzene ring substituents is 1. The van der Waals surface area contributed by atoms with Gasteiger partial charge in [0.05, 0.1) is 16.7 Å². The normalized spacial score (nSPS) is 17.0. The van der Waals surface area contributed by atoms with Crippen molar-refractivity contribution in [2.24, 2.45) is 11.1 Å². The summed E-state index contributed by atoms with van der Waals surface area (Å²) in [6.45, 7) is 4.64. The van der Waals surface area contributed by atoms with Gasteiger partial charge in [-0.25, -0.2) is 13.6 Å². The number of primary sulfonamides is 1. The largest absolute Gasteiger partial charge is 0.382 e. The zero-order chi connectivity index (χ0) is 21.0. The molecule has 0 aliphatic carbocycles. The van der Waals surface area contributed by atoms with Gasteiger partial charge in [-0.15, -0.1) is 0 Å². The van der Waals surface area contributed by atoms with Gasteiger partial charge in [0.1, 0.15) is 4.90 Å². The molecule has 2 aromatic rings. The van der Waals surface area contributed by atoms with Crippen molar-refractivity contribution in [3.8, 4) is 0 Å². The Kier molecular flexibility index (Phi) is 6.51. The first-order valence-electron chi connectivity index (χ1n) is 9.60. The van der Waals surface area contributed by atoms with Gasteiger partial charge in [0.2, 0.25) is 10.0 Å². The first kappa shape index (κ1) is 21.2. The molecule has 1 aliphatic rings. The average molecular weight is 419 g/mol. The maximum Gasteiger partial charge on any atom is 0.270 e. The molecule has 8 nitrogen and oxygen atoms in total. The predicted molar refractivity (Wildman–Crippen MR) is 112 cm³/mol. The van der Waals surface area contributed by atoms with E-state index in [1.54, 1.807) is 0 Å². The van der Waals surface area contributed by atoms with E-state index >= 15 is 0 Å². The molecule has 0 saturated carbocycles. The standard InChI is InChI=1S/C20H26N4O4S/c1-15-9-11-23(12-10-15)19(16-5-3-2-4-6-16)14-22-18-8-7-17(24(25)26)13-20(18)29(21,27)28/h2-8,13,15,19,22H,9-12,14H2,1H3,(H2,21,27,28). The molecule has 1 saturated heterocycles. The fraction of sp³-hybridized carbons (Fsp3) is 0.400. The van der Waals surface area contributed by atoms with Gasteiger partial charge in [-0.05, 0) is 43.5 Å². The van der Waals surface area contributed by atoms with Crippen molar-refractivity contribution in [3.05, 3.63) is 64.2 Å².